The number of carbonyl (C=O) groups is 1. The van der Waals surface area contributed by atoms with Gasteiger partial charge in [0, 0.05) is 17.2 Å². The van der Waals surface area contributed by atoms with Crippen LogP contribution in [0.2, 0.25) is 0 Å². The van der Waals surface area contributed by atoms with Crippen molar-refractivity contribution in [2.45, 2.75) is 13.8 Å². The predicted molar refractivity (Wildman–Crippen MR) is 103 cm³/mol. The predicted octanol–water partition coefficient (Wildman–Crippen LogP) is 3.75. The Bertz CT molecular complexity index is 1140. The third-order valence-corrected chi connectivity index (χ3v) is 4.23. The smallest absolute Gasteiger partial charge is 0.339 e. The lowest BCUT2D eigenvalue weighted by Gasteiger charge is -2.13. The van der Waals surface area contributed by atoms with Crippen molar-refractivity contribution in [3.63, 3.8) is 0 Å². The van der Waals surface area contributed by atoms with E-state index >= 15 is 0 Å². The van der Waals surface area contributed by atoms with Gasteiger partial charge < -0.3 is 24.1 Å². The lowest BCUT2D eigenvalue weighted by Crippen LogP contribution is -2.12. The molecule has 0 unspecified atom stereocenters. The molecule has 0 aliphatic carbocycles. The van der Waals surface area contributed by atoms with Gasteiger partial charge in [0.05, 0.1) is 7.11 Å². The summed E-state index contributed by atoms with van der Waals surface area (Å²) in [5.74, 6) is -2.22. The normalized spacial score (nSPS) is 11.5. The average Bonchev–Trinajstić information content (AvgIpc) is 2.70. The van der Waals surface area contributed by atoms with Gasteiger partial charge in [-0.1, -0.05) is 36.4 Å². The van der Waals surface area contributed by atoms with Gasteiger partial charge in [-0.25, -0.2) is 4.79 Å². The summed E-state index contributed by atoms with van der Waals surface area (Å²) in [6.45, 7) is 3.19. The van der Waals surface area contributed by atoms with Gasteiger partial charge in [-0.3, -0.25) is 4.79 Å². The number of fused-ring (bicyclic) bond motifs is 1. The fraction of sp³-hybridized carbons (Fsp3) is 0.143. The van der Waals surface area contributed by atoms with E-state index in [1.54, 1.807) is 37.3 Å². The van der Waals surface area contributed by atoms with Crippen LogP contribution < -0.4 is 14.9 Å². The van der Waals surface area contributed by atoms with Crippen LogP contribution >= 0.6 is 0 Å². The number of ether oxygens (including phenoxy) is 2. The molecule has 3 rings (SSSR count). The molecule has 7 nitrogen and oxygen atoms in total. The first kappa shape index (κ1) is 19.0. The molecular weight excluding hydrogens is 364 g/mol. The molecule has 2 N–H and O–H groups in total. The van der Waals surface area contributed by atoms with Gasteiger partial charge in [-0.15, -0.1) is 0 Å². The van der Waals surface area contributed by atoms with Crippen molar-refractivity contribution in [2.75, 3.05) is 7.11 Å². The molecule has 2 aromatic carbocycles. The highest BCUT2D eigenvalue weighted by Gasteiger charge is 2.25. The van der Waals surface area contributed by atoms with E-state index < -0.39 is 22.9 Å². The second-order valence-electron chi connectivity index (χ2n) is 5.97. The Kier molecular flexibility index (Phi) is 5.08. The van der Waals surface area contributed by atoms with Crippen molar-refractivity contribution in [3.05, 3.63) is 58.3 Å². The van der Waals surface area contributed by atoms with E-state index in [1.807, 2.05) is 0 Å². The van der Waals surface area contributed by atoms with E-state index in [9.17, 15) is 19.8 Å². The lowest BCUT2D eigenvalue weighted by atomic mass is 10.1. The zero-order valence-corrected chi connectivity index (χ0v) is 15.5. The zero-order valence-electron chi connectivity index (χ0n) is 15.5. The molecule has 1 heterocycles. The van der Waals surface area contributed by atoms with Crippen LogP contribution in [0.4, 0.5) is 0 Å². The number of carbonyl (C=O) groups excluding carboxylic acids is 1. The van der Waals surface area contributed by atoms with Crippen molar-refractivity contribution < 1.29 is 28.9 Å². The minimum atomic E-state index is -0.732. The maximum atomic E-state index is 12.9. The number of aromatic hydroxyl groups is 2. The highest BCUT2D eigenvalue weighted by Crippen LogP contribution is 2.43. The summed E-state index contributed by atoms with van der Waals surface area (Å²) in [5, 5.41) is 20.2. The first-order chi connectivity index (χ1) is 13.4. The molecule has 0 aliphatic heterocycles. The van der Waals surface area contributed by atoms with Crippen molar-refractivity contribution in [2.24, 2.45) is 0 Å². The molecule has 0 radical (unpaired) electrons. The molecule has 7 heteroatoms. The Morgan fingerprint density at radius 1 is 1.11 bits per heavy atom. The number of phenolic OH excluding ortho intramolecular Hbond substituents is 2. The van der Waals surface area contributed by atoms with Gasteiger partial charge >= 0.3 is 5.97 Å². The van der Waals surface area contributed by atoms with Crippen LogP contribution in [-0.2, 0) is 4.79 Å². The average molecular weight is 382 g/mol. The van der Waals surface area contributed by atoms with Crippen LogP contribution in [0.5, 0.6) is 23.0 Å². The highest BCUT2D eigenvalue weighted by atomic mass is 16.5. The topological polar surface area (TPSA) is 106 Å². The van der Waals surface area contributed by atoms with E-state index in [4.69, 9.17) is 13.9 Å². The number of hydrogen-bond donors (Lipinski definition) is 2. The molecule has 1 aromatic heterocycles. The first-order valence-corrected chi connectivity index (χ1v) is 8.39. The molecule has 0 saturated heterocycles. The zero-order chi connectivity index (χ0) is 20.4. The van der Waals surface area contributed by atoms with Gasteiger partial charge in [0.25, 0.3) is 0 Å². The van der Waals surface area contributed by atoms with Gasteiger partial charge in [-0.2, -0.15) is 0 Å². The van der Waals surface area contributed by atoms with E-state index in [1.165, 1.54) is 20.1 Å². The Morgan fingerprint density at radius 3 is 2.39 bits per heavy atom. The van der Waals surface area contributed by atoms with Gasteiger partial charge in [0.2, 0.25) is 16.9 Å². The lowest BCUT2D eigenvalue weighted by molar-refractivity contribution is -0.130. The van der Waals surface area contributed by atoms with Crippen LogP contribution in [0.15, 0.2) is 57.3 Å². The maximum Gasteiger partial charge on any atom is 0.339 e. The third kappa shape index (κ3) is 3.18. The Morgan fingerprint density at radius 2 is 1.79 bits per heavy atom. The molecule has 0 atom stereocenters. The Hall–Kier alpha value is -3.74. The van der Waals surface area contributed by atoms with Gasteiger partial charge in [0.15, 0.2) is 17.1 Å². The molecule has 0 amide bonds. The second-order valence-corrected chi connectivity index (χ2v) is 5.97. The molecule has 0 saturated carbocycles. The highest BCUT2D eigenvalue weighted by molar-refractivity contribution is 5.97. The molecule has 0 bridgehead atoms. The quantitative estimate of drug-likeness (QED) is 0.402. The summed E-state index contributed by atoms with van der Waals surface area (Å²) in [7, 11) is 1.30. The molecule has 0 fully saturated rings. The molecule has 144 valence electrons. The summed E-state index contributed by atoms with van der Waals surface area (Å²) < 4.78 is 16.3. The molecule has 28 heavy (non-hydrogen) atoms. The SMILES string of the molecule is CC=C(C)C(=O)Oc1c(O)cc(O)c2c(=O)c(OC)c(-c3ccccc3)oc12. The molecule has 0 spiro atoms. The number of phenols is 2. The number of rotatable bonds is 4. The molecular formula is C21H18O7. The molecule has 3 aromatic rings. The van der Waals surface area contributed by atoms with Crippen molar-refractivity contribution in [3.8, 4) is 34.3 Å². The fourth-order valence-corrected chi connectivity index (χ4v) is 2.65. The fourth-order valence-electron chi connectivity index (χ4n) is 2.65. The van der Waals surface area contributed by atoms with Crippen molar-refractivity contribution >= 4 is 16.9 Å². The summed E-state index contributed by atoms with van der Waals surface area (Å²) in [5.41, 5.74) is -0.109. The van der Waals surface area contributed by atoms with Crippen molar-refractivity contribution in [1.82, 2.24) is 0 Å². The summed E-state index contributed by atoms with van der Waals surface area (Å²) in [4.78, 5) is 25.1. The first-order valence-electron chi connectivity index (χ1n) is 8.39. The van der Waals surface area contributed by atoms with Crippen LogP contribution in [0.1, 0.15) is 13.8 Å². The van der Waals surface area contributed by atoms with Crippen LogP contribution in [0.3, 0.4) is 0 Å². The van der Waals surface area contributed by atoms with E-state index in [0.29, 0.717) is 11.1 Å². The van der Waals surface area contributed by atoms with E-state index in [0.717, 1.165) is 6.07 Å². The van der Waals surface area contributed by atoms with Crippen LogP contribution in [0.25, 0.3) is 22.3 Å². The number of esters is 1. The van der Waals surface area contributed by atoms with Gasteiger partial charge in [-0.05, 0) is 13.8 Å². The Balaban J connectivity index is 2.38. The molecule has 0 aliphatic rings. The summed E-state index contributed by atoms with van der Waals surface area (Å²) in [6, 6.07) is 9.59. The summed E-state index contributed by atoms with van der Waals surface area (Å²) >= 11 is 0. The minimum Gasteiger partial charge on any atom is -0.507 e. The standard InChI is InChI=1S/C21H18O7/c1-4-11(2)21(25)28-18-14(23)10-13(22)15-16(24)20(26-3)17(27-19(15)18)12-8-6-5-7-9-12/h4-10,22-23H,1-3H3. The number of hydrogen-bond acceptors (Lipinski definition) is 7. The third-order valence-electron chi connectivity index (χ3n) is 4.23. The second kappa shape index (κ2) is 7.48. The van der Waals surface area contributed by atoms with E-state index in [2.05, 4.69) is 0 Å². The number of allylic oxidation sites excluding steroid dienone is 1. The number of benzene rings is 2. The van der Waals surface area contributed by atoms with Gasteiger partial charge in [0.1, 0.15) is 11.1 Å². The monoisotopic (exact) mass is 382 g/mol. The van der Waals surface area contributed by atoms with Crippen LogP contribution in [0, 0.1) is 0 Å². The minimum absolute atomic E-state index is 0.0747. The largest absolute Gasteiger partial charge is 0.507 e. The summed E-state index contributed by atoms with van der Waals surface area (Å²) in [6.07, 6.45) is 1.54. The maximum absolute atomic E-state index is 12.9. The van der Waals surface area contributed by atoms with E-state index in [-0.39, 0.29) is 28.2 Å². The number of methoxy groups -OCH3 is 1. The van der Waals surface area contributed by atoms with Crippen molar-refractivity contribution in [1.29, 1.82) is 0 Å². The van der Waals surface area contributed by atoms with Crippen LogP contribution in [-0.4, -0.2) is 23.3 Å². The Labute approximate surface area is 160 Å².